The standard InChI is InChI=1S/C22H18F3N3O2/c1-13-7-9-16(10-8-13)28-20(22(23,24)25)17(12-26-28)21(29)27-14(2)19-11-15-5-3-4-6-18(15)30-19/h3-12,14H,1-2H3,(H,27,29). The first kappa shape index (κ1) is 19.8. The molecule has 1 N–H and O–H groups in total. The first-order valence-corrected chi connectivity index (χ1v) is 9.25. The van der Waals surface area contributed by atoms with Crippen molar-refractivity contribution in [2.24, 2.45) is 0 Å². The van der Waals surface area contributed by atoms with Gasteiger partial charge in [-0.05, 0) is 38.1 Å². The van der Waals surface area contributed by atoms with Crippen LogP contribution in [0.1, 0.15) is 40.3 Å². The Morgan fingerprint density at radius 1 is 1.13 bits per heavy atom. The minimum Gasteiger partial charge on any atom is -0.459 e. The van der Waals surface area contributed by atoms with Gasteiger partial charge in [-0.1, -0.05) is 35.9 Å². The fraction of sp³-hybridized carbons (Fsp3) is 0.182. The fourth-order valence-corrected chi connectivity index (χ4v) is 3.23. The maximum Gasteiger partial charge on any atom is 0.434 e. The lowest BCUT2D eigenvalue weighted by Gasteiger charge is -2.15. The molecule has 1 atom stereocenters. The van der Waals surface area contributed by atoms with Gasteiger partial charge in [-0.15, -0.1) is 0 Å². The molecule has 0 aliphatic carbocycles. The Bertz CT molecular complexity index is 1170. The third kappa shape index (κ3) is 3.68. The summed E-state index contributed by atoms with van der Waals surface area (Å²) in [6, 6.07) is 14.8. The zero-order valence-electron chi connectivity index (χ0n) is 16.2. The van der Waals surface area contributed by atoms with Gasteiger partial charge in [-0.2, -0.15) is 18.3 Å². The number of nitrogens with zero attached hydrogens (tertiary/aromatic N) is 2. The Hall–Kier alpha value is -3.55. The van der Waals surface area contributed by atoms with E-state index < -0.39 is 29.4 Å². The normalized spacial score (nSPS) is 12.8. The summed E-state index contributed by atoms with van der Waals surface area (Å²) in [6.45, 7) is 3.48. The van der Waals surface area contributed by atoms with Crippen molar-refractivity contribution < 1.29 is 22.4 Å². The summed E-state index contributed by atoms with van der Waals surface area (Å²) in [5.41, 5.74) is 0.0814. The molecule has 4 aromatic rings. The van der Waals surface area contributed by atoms with Crippen molar-refractivity contribution in [1.29, 1.82) is 0 Å². The van der Waals surface area contributed by atoms with Gasteiger partial charge in [0.2, 0.25) is 0 Å². The number of amides is 1. The van der Waals surface area contributed by atoms with E-state index in [9.17, 15) is 18.0 Å². The van der Waals surface area contributed by atoms with Gasteiger partial charge in [0.25, 0.3) is 5.91 Å². The van der Waals surface area contributed by atoms with Crippen molar-refractivity contribution in [2.75, 3.05) is 0 Å². The number of benzene rings is 2. The second-order valence-corrected chi connectivity index (χ2v) is 7.03. The van der Waals surface area contributed by atoms with E-state index >= 15 is 0 Å². The van der Waals surface area contributed by atoms with Crippen molar-refractivity contribution in [2.45, 2.75) is 26.1 Å². The maximum atomic E-state index is 13.8. The molecule has 2 aromatic heterocycles. The molecular weight excluding hydrogens is 395 g/mol. The smallest absolute Gasteiger partial charge is 0.434 e. The first-order valence-electron chi connectivity index (χ1n) is 9.25. The molecule has 0 fully saturated rings. The Balaban J connectivity index is 1.65. The molecule has 8 heteroatoms. The number of alkyl halides is 3. The summed E-state index contributed by atoms with van der Waals surface area (Å²) in [5, 5.41) is 7.25. The van der Waals surface area contributed by atoms with E-state index in [0.717, 1.165) is 21.8 Å². The molecule has 0 aliphatic heterocycles. The number of rotatable bonds is 4. The van der Waals surface area contributed by atoms with Gasteiger partial charge in [0, 0.05) is 5.39 Å². The number of aryl methyl sites for hydroxylation is 1. The molecule has 2 heterocycles. The average molecular weight is 413 g/mol. The molecular formula is C22H18F3N3O2. The number of furan rings is 1. The topological polar surface area (TPSA) is 60.1 Å². The molecule has 154 valence electrons. The number of hydrogen-bond donors (Lipinski definition) is 1. The number of fused-ring (bicyclic) bond motifs is 1. The summed E-state index contributed by atoms with van der Waals surface area (Å²) in [5.74, 6) is -0.433. The van der Waals surface area contributed by atoms with Gasteiger partial charge in [-0.25, -0.2) is 4.68 Å². The van der Waals surface area contributed by atoms with Gasteiger partial charge in [0.15, 0.2) is 5.69 Å². The van der Waals surface area contributed by atoms with Crippen LogP contribution in [0.3, 0.4) is 0 Å². The molecule has 0 spiro atoms. The van der Waals surface area contributed by atoms with Crippen molar-refractivity contribution in [3.8, 4) is 5.69 Å². The number of carbonyl (C=O) groups is 1. The van der Waals surface area contributed by atoms with Gasteiger partial charge < -0.3 is 9.73 Å². The molecule has 30 heavy (non-hydrogen) atoms. The Morgan fingerprint density at radius 2 is 1.83 bits per heavy atom. The summed E-state index contributed by atoms with van der Waals surface area (Å²) >= 11 is 0. The highest BCUT2D eigenvalue weighted by atomic mass is 19.4. The third-order valence-electron chi connectivity index (χ3n) is 4.78. The predicted molar refractivity (Wildman–Crippen MR) is 105 cm³/mol. The number of carbonyl (C=O) groups excluding carboxylic acids is 1. The van der Waals surface area contributed by atoms with Crippen LogP contribution >= 0.6 is 0 Å². The van der Waals surface area contributed by atoms with E-state index in [1.807, 2.05) is 25.1 Å². The molecule has 0 saturated carbocycles. The van der Waals surface area contributed by atoms with Crippen LogP contribution in [0.4, 0.5) is 13.2 Å². The molecule has 1 amide bonds. The van der Waals surface area contributed by atoms with E-state index in [0.29, 0.717) is 11.3 Å². The van der Waals surface area contributed by atoms with Crippen molar-refractivity contribution in [1.82, 2.24) is 15.1 Å². The Morgan fingerprint density at radius 3 is 2.50 bits per heavy atom. The van der Waals surface area contributed by atoms with E-state index in [1.165, 1.54) is 12.1 Å². The lowest BCUT2D eigenvalue weighted by atomic mass is 10.1. The minimum atomic E-state index is -4.77. The minimum absolute atomic E-state index is 0.220. The monoisotopic (exact) mass is 413 g/mol. The van der Waals surface area contributed by atoms with Crippen molar-refractivity contribution in [3.63, 3.8) is 0 Å². The summed E-state index contributed by atoms with van der Waals surface area (Å²) in [7, 11) is 0. The molecule has 1 unspecified atom stereocenters. The predicted octanol–water partition coefficient (Wildman–Crippen LogP) is 5.44. The largest absolute Gasteiger partial charge is 0.459 e. The third-order valence-corrected chi connectivity index (χ3v) is 4.78. The molecule has 2 aromatic carbocycles. The summed E-state index contributed by atoms with van der Waals surface area (Å²) in [4.78, 5) is 12.7. The Labute approximate surface area is 170 Å². The zero-order valence-corrected chi connectivity index (χ0v) is 16.2. The van der Waals surface area contributed by atoms with Crippen molar-refractivity contribution in [3.05, 3.63) is 83.4 Å². The molecule has 0 aliphatic rings. The highest BCUT2D eigenvalue weighted by Crippen LogP contribution is 2.34. The van der Waals surface area contributed by atoms with Crippen LogP contribution in [0.5, 0.6) is 0 Å². The van der Waals surface area contributed by atoms with Gasteiger partial charge in [0.05, 0.1) is 23.5 Å². The SMILES string of the molecule is Cc1ccc(-n2ncc(C(=O)NC(C)c3cc4ccccc4o3)c2C(F)(F)F)cc1. The molecule has 4 rings (SSSR count). The van der Waals surface area contributed by atoms with Gasteiger partial charge in [0.1, 0.15) is 11.3 Å². The van der Waals surface area contributed by atoms with Crippen molar-refractivity contribution >= 4 is 16.9 Å². The van der Waals surface area contributed by atoms with E-state index in [4.69, 9.17) is 4.42 Å². The number of nitrogens with one attached hydrogen (secondary N) is 1. The number of aromatic nitrogens is 2. The highest BCUT2D eigenvalue weighted by Gasteiger charge is 2.40. The molecule has 0 radical (unpaired) electrons. The van der Waals surface area contributed by atoms with Crippen LogP contribution in [0.25, 0.3) is 16.7 Å². The molecule has 5 nitrogen and oxygen atoms in total. The Kier molecular flexibility index (Phi) is 4.85. The van der Waals surface area contributed by atoms with Gasteiger partial charge >= 0.3 is 6.18 Å². The van der Waals surface area contributed by atoms with Crippen LogP contribution < -0.4 is 5.32 Å². The quantitative estimate of drug-likeness (QED) is 0.485. The summed E-state index contributed by atoms with van der Waals surface area (Å²) < 4.78 is 47.9. The first-order chi connectivity index (χ1) is 14.2. The second-order valence-electron chi connectivity index (χ2n) is 7.03. The molecule has 0 saturated heterocycles. The average Bonchev–Trinajstić information content (AvgIpc) is 3.33. The number of para-hydroxylation sites is 1. The second kappa shape index (κ2) is 7.37. The van der Waals surface area contributed by atoms with Crippen LogP contribution in [0, 0.1) is 6.92 Å². The maximum absolute atomic E-state index is 13.8. The highest BCUT2D eigenvalue weighted by molar-refractivity contribution is 5.95. The number of halogens is 3. The van der Waals surface area contributed by atoms with Crippen LogP contribution in [0.15, 0.2) is 65.2 Å². The lowest BCUT2D eigenvalue weighted by molar-refractivity contribution is -0.143. The number of hydrogen-bond acceptors (Lipinski definition) is 3. The van der Waals surface area contributed by atoms with Crippen LogP contribution in [-0.4, -0.2) is 15.7 Å². The summed E-state index contributed by atoms with van der Waals surface area (Å²) in [6.07, 6.45) is -3.83. The fourth-order valence-electron chi connectivity index (χ4n) is 3.23. The van der Waals surface area contributed by atoms with E-state index in [2.05, 4.69) is 10.4 Å². The molecule has 0 bridgehead atoms. The van der Waals surface area contributed by atoms with Gasteiger partial charge in [-0.3, -0.25) is 4.79 Å². The lowest BCUT2D eigenvalue weighted by Crippen LogP contribution is -2.28. The van der Waals surface area contributed by atoms with Crippen LogP contribution in [0.2, 0.25) is 0 Å². The van der Waals surface area contributed by atoms with E-state index in [1.54, 1.807) is 31.2 Å². The van der Waals surface area contributed by atoms with E-state index in [-0.39, 0.29) is 5.69 Å². The van der Waals surface area contributed by atoms with Crippen LogP contribution in [-0.2, 0) is 6.18 Å². The zero-order chi connectivity index (χ0) is 21.5.